The zero-order chi connectivity index (χ0) is 35.0. The fourth-order valence-corrected chi connectivity index (χ4v) is 12.5. The molecule has 1 saturated heterocycles. The molecule has 0 amide bonds. The normalized spacial score (nSPS) is 20.6. The molecule has 3 atom stereocenters. The Labute approximate surface area is 296 Å². The van der Waals surface area contributed by atoms with Crippen LogP contribution in [0.1, 0.15) is 51.3 Å². The molecule has 1 aliphatic carbocycles. The molecular formula is C44H45FO4Si. The average molecular weight is 685 g/mol. The van der Waals surface area contributed by atoms with E-state index in [2.05, 4.69) is 81.4 Å². The van der Waals surface area contributed by atoms with E-state index >= 15 is 4.39 Å². The Hall–Kier alpha value is -4.17. The second-order valence-electron chi connectivity index (χ2n) is 14.7. The monoisotopic (exact) mass is 684 g/mol. The van der Waals surface area contributed by atoms with Crippen LogP contribution >= 0.6 is 0 Å². The molecule has 50 heavy (non-hydrogen) atoms. The lowest BCUT2D eigenvalue weighted by atomic mass is 9.80. The molecule has 1 aliphatic heterocycles. The van der Waals surface area contributed by atoms with E-state index in [9.17, 15) is 0 Å². The molecule has 1 fully saturated rings. The molecule has 5 aromatic rings. The van der Waals surface area contributed by atoms with Gasteiger partial charge in [-0.05, 0) is 45.9 Å². The van der Waals surface area contributed by atoms with Gasteiger partial charge < -0.3 is 18.6 Å². The van der Waals surface area contributed by atoms with Crippen molar-refractivity contribution < 1.29 is 23.0 Å². The van der Waals surface area contributed by atoms with Gasteiger partial charge in [-0.15, -0.1) is 0 Å². The molecule has 0 radical (unpaired) electrons. The number of ether oxygens (including phenoxy) is 3. The number of fused-ring (bicyclic) bond motifs is 1. The van der Waals surface area contributed by atoms with Crippen molar-refractivity contribution in [1.82, 2.24) is 0 Å². The van der Waals surface area contributed by atoms with Gasteiger partial charge in [0.2, 0.25) is 0 Å². The molecule has 7 rings (SSSR count). The van der Waals surface area contributed by atoms with Crippen LogP contribution in [0.2, 0.25) is 5.04 Å². The van der Waals surface area contributed by atoms with Gasteiger partial charge in [0.15, 0.2) is 5.79 Å². The summed E-state index contributed by atoms with van der Waals surface area (Å²) in [5.41, 5.74) is 2.21. The lowest BCUT2D eigenvalue weighted by Gasteiger charge is -2.45. The Morgan fingerprint density at radius 2 is 1.02 bits per heavy atom. The van der Waals surface area contributed by atoms with Crippen molar-refractivity contribution in [2.45, 2.75) is 69.4 Å². The number of rotatable bonds is 10. The van der Waals surface area contributed by atoms with Gasteiger partial charge in [-0.25, -0.2) is 4.39 Å². The topological polar surface area (TPSA) is 36.9 Å². The van der Waals surface area contributed by atoms with E-state index in [0.29, 0.717) is 5.57 Å². The van der Waals surface area contributed by atoms with Crippen LogP contribution in [0.5, 0.6) is 0 Å². The van der Waals surface area contributed by atoms with Crippen molar-refractivity contribution in [3.8, 4) is 0 Å². The van der Waals surface area contributed by atoms with Crippen LogP contribution in [0.25, 0.3) is 0 Å². The molecule has 5 aromatic carbocycles. The van der Waals surface area contributed by atoms with Crippen LogP contribution in [-0.4, -0.2) is 39.0 Å². The van der Waals surface area contributed by atoms with Gasteiger partial charge in [0, 0.05) is 5.57 Å². The molecule has 0 aromatic heterocycles. The minimum absolute atomic E-state index is 0.0360. The number of hydrogen-bond donors (Lipinski definition) is 0. The highest BCUT2D eigenvalue weighted by Gasteiger charge is 2.60. The average Bonchev–Trinajstić information content (AvgIpc) is 3.57. The smallest absolute Gasteiger partial charge is 0.262 e. The van der Waals surface area contributed by atoms with E-state index < -0.39 is 38.0 Å². The molecule has 6 heteroatoms. The Kier molecular flexibility index (Phi) is 9.26. The molecule has 2 aliphatic rings. The number of hydrogen-bond acceptors (Lipinski definition) is 4. The van der Waals surface area contributed by atoms with Crippen molar-refractivity contribution in [1.29, 1.82) is 0 Å². The van der Waals surface area contributed by atoms with Crippen molar-refractivity contribution in [3.05, 3.63) is 180 Å². The summed E-state index contributed by atoms with van der Waals surface area (Å²) in [6.45, 7) is 10.3. The van der Waals surface area contributed by atoms with E-state index in [1.54, 1.807) is 0 Å². The van der Waals surface area contributed by atoms with Gasteiger partial charge in [-0.2, -0.15) is 0 Å². The van der Waals surface area contributed by atoms with Crippen LogP contribution in [0.3, 0.4) is 0 Å². The molecule has 4 nitrogen and oxygen atoms in total. The number of halogens is 1. The summed E-state index contributed by atoms with van der Waals surface area (Å²) in [6, 6.07) is 51.0. The molecule has 0 bridgehead atoms. The maximum Gasteiger partial charge on any atom is 0.262 e. The fourth-order valence-electron chi connectivity index (χ4n) is 7.85. The Balaban J connectivity index is 1.36. The fraction of sp³-hybridized carbons (Fsp3) is 0.273. The second kappa shape index (κ2) is 13.5. The summed E-state index contributed by atoms with van der Waals surface area (Å²) in [5, 5.41) is 1.78. The quantitative estimate of drug-likeness (QED) is 0.109. The third-order valence-electron chi connectivity index (χ3n) is 10.0. The van der Waals surface area contributed by atoms with Gasteiger partial charge in [0.25, 0.3) is 8.32 Å². The minimum atomic E-state index is -3.16. The zero-order valence-corrected chi connectivity index (χ0v) is 30.4. The first-order valence-corrected chi connectivity index (χ1v) is 19.3. The molecule has 1 unspecified atom stereocenters. The zero-order valence-electron chi connectivity index (χ0n) is 29.4. The summed E-state index contributed by atoms with van der Waals surface area (Å²) >= 11 is 0. The predicted molar refractivity (Wildman–Crippen MR) is 200 cm³/mol. The standard InChI is InChI=1S/C44H45FO4Si/c1-42(2,3)50(35-27-17-9-18-28-35,36-29-19-10-20-30-36)49-40-38(45)37(39-41(40)48-43(4,5)47-39)31-46-44(32-21-11-6-12-22-32,33-23-13-7-14-24-33)34-25-15-8-16-26-34/h6-30,39-41H,31H2,1-5H3/t39-,40?,41-/m0/s1. The summed E-state index contributed by atoms with van der Waals surface area (Å²) in [6.07, 6.45) is -2.37. The van der Waals surface area contributed by atoms with E-state index in [1.807, 2.05) is 105 Å². The highest BCUT2D eigenvalue weighted by Crippen LogP contribution is 2.48. The summed E-state index contributed by atoms with van der Waals surface area (Å²) in [5.74, 6) is -1.32. The van der Waals surface area contributed by atoms with Gasteiger partial charge in [-0.1, -0.05) is 172 Å². The third-order valence-corrected chi connectivity index (χ3v) is 15.0. The van der Waals surface area contributed by atoms with Gasteiger partial charge in [-0.3, -0.25) is 0 Å². The van der Waals surface area contributed by atoms with Crippen LogP contribution in [0.15, 0.2) is 163 Å². The molecule has 0 saturated carbocycles. The third kappa shape index (κ3) is 5.99. The lowest BCUT2D eigenvalue weighted by molar-refractivity contribution is -0.154. The van der Waals surface area contributed by atoms with Crippen molar-refractivity contribution in [2.24, 2.45) is 0 Å². The molecular weight excluding hydrogens is 640 g/mol. The van der Waals surface area contributed by atoms with E-state index in [1.165, 1.54) is 0 Å². The first kappa shape index (κ1) is 34.3. The summed E-state index contributed by atoms with van der Waals surface area (Å²) in [7, 11) is -3.16. The van der Waals surface area contributed by atoms with E-state index in [-0.39, 0.29) is 17.5 Å². The van der Waals surface area contributed by atoms with Crippen LogP contribution < -0.4 is 10.4 Å². The lowest BCUT2D eigenvalue weighted by Crippen LogP contribution is -2.68. The minimum Gasteiger partial charge on any atom is -0.395 e. The van der Waals surface area contributed by atoms with Gasteiger partial charge >= 0.3 is 0 Å². The molecule has 256 valence electrons. The van der Waals surface area contributed by atoms with Gasteiger partial charge in [0.1, 0.15) is 29.7 Å². The largest absolute Gasteiger partial charge is 0.395 e. The first-order chi connectivity index (χ1) is 24.1. The number of benzene rings is 5. The Bertz CT molecular complexity index is 1770. The molecule has 0 N–H and O–H groups in total. The maximum atomic E-state index is 17.5. The second-order valence-corrected chi connectivity index (χ2v) is 18.9. The predicted octanol–water partition coefficient (Wildman–Crippen LogP) is 8.70. The Morgan fingerprint density at radius 3 is 1.42 bits per heavy atom. The molecule has 1 heterocycles. The summed E-state index contributed by atoms with van der Waals surface area (Å²) < 4.78 is 45.1. The SMILES string of the molecule is CC1(C)O[C@@H]2C(O[Si](c3ccccc3)(c3ccccc3)C(C)(C)C)C(F)=C(COC(c3ccccc3)(c3ccccc3)c3ccccc3)[C@@H]2O1. The highest BCUT2D eigenvalue weighted by molar-refractivity contribution is 6.99. The van der Waals surface area contributed by atoms with Crippen LogP contribution in [0.4, 0.5) is 4.39 Å². The van der Waals surface area contributed by atoms with Crippen LogP contribution in [-0.2, 0) is 24.2 Å². The highest BCUT2D eigenvalue weighted by atomic mass is 28.4. The first-order valence-electron chi connectivity index (χ1n) is 17.4. The molecule has 0 spiro atoms. The van der Waals surface area contributed by atoms with Crippen LogP contribution in [0, 0.1) is 0 Å². The Morgan fingerprint density at radius 1 is 0.620 bits per heavy atom. The summed E-state index contributed by atoms with van der Waals surface area (Å²) in [4.78, 5) is 0. The van der Waals surface area contributed by atoms with Gasteiger partial charge in [0.05, 0.1) is 6.61 Å². The van der Waals surface area contributed by atoms with Crippen molar-refractivity contribution in [3.63, 3.8) is 0 Å². The van der Waals surface area contributed by atoms with E-state index in [4.69, 9.17) is 18.6 Å². The maximum absolute atomic E-state index is 17.5. The van der Waals surface area contributed by atoms with Crippen molar-refractivity contribution >= 4 is 18.7 Å². The van der Waals surface area contributed by atoms with E-state index in [0.717, 1.165) is 27.1 Å². The van der Waals surface area contributed by atoms with Crippen molar-refractivity contribution in [2.75, 3.05) is 6.61 Å².